The van der Waals surface area contributed by atoms with Crippen molar-refractivity contribution in [3.63, 3.8) is 0 Å². The molecule has 4 N–H and O–H groups in total. The van der Waals surface area contributed by atoms with Crippen molar-refractivity contribution in [1.82, 2.24) is 0 Å². The topological polar surface area (TPSA) is 197 Å². The molecule has 0 bridgehead atoms. The molecule has 0 fully saturated rings. The molecular formula is C36H20N2O8S4. The van der Waals surface area contributed by atoms with Crippen molar-refractivity contribution in [3.05, 3.63) is 130 Å². The van der Waals surface area contributed by atoms with Crippen LogP contribution in [0.15, 0.2) is 136 Å². The normalized spacial score (nSPS) is 10.5. The van der Waals surface area contributed by atoms with Gasteiger partial charge in [-0.25, -0.2) is 19.2 Å². The second-order valence-electron chi connectivity index (χ2n) is 10.0. The fourth-order valence-electron chi connectivity index (χ4n) is 4.39. The molecule has 0 aliphatic rings. The zero-order valence-corrected chi connectivity index (χ0v) is 28.5. The predicted octanol–water partition coefficient (Wildman–Crippen LogP) is 8.83. The molecule has 0 atom stereocenters. The summed E-state index contributed by atoms with van der Waals surface area (Å²) < 4.78 is 0. The number of aromatic carboxylic acids is 4. The molecule has 0 aromatic heterocycles. The summed E-state index contributed by atoms with van der Waals surface area (Å²) in [6.45, 7) is 0. The first kappa shape index (κ1) is 35.7. The quantitative estimate of drug-likeness (QED) is 0.0947. The van der Waals surface area contributed by atoms with Crippen LogP contribution in [0.2, 0.25) is 0 Å². The molecule has 0 aliphatic carbocycles. The van der Waals surface area contributed by atoms with E-state index in [0.29, 0.717) is 39.2 Å². The molecule has 0 saturated carbocycles. The van der Waals surface area contributed by atoms with Gasteiger partial charge in [0.2, 0.25) is 0 Å². The number of carboxylic acids is 4. The molecule has 5 aromatic carbocycles. The van der Waals surface area contributed by atoms with Gasteiger partial charge in [-0.05, 0) is 97.1 Å². The smallest absolute Gasteiger partial charge is 0.335 e. The second kappa shape index (κ2) is 15.7. The molecule has 0 saturated heterocycles. The van der Waals surface area contributed by atoms with E-state index >= 15 is 0 Å². The van der Waals surface area contributed by atoms with Crippen molar-refractivity contribution in [2.45, 2.75) is 39.2 Å². The highest BCUT2D eigenvalue weighted by atomic mass is 32.2. The first-order valence-electron chi connectivity index (χ1n) is 14.1. The summed E-state index contributed by atoms with van der Waals surface area (Å²) in [5.74, 6) is -4.45. The number of nitriles is 2. The Morgan fingerprint density at radius 1 is 0.380 bits per heavy atom. The third-order valence-corrected chi connectivity index (χ3v) is 11.6. The number of carbonyl (C=O) groups is 4. The van der Waals surface area contributed by atoms with Crippen LogP contribution in [0.25, 0.3) is 0 Å². The fourth-order valence-corrected chi connectivity index (χ4v) is 8.83. The minimum Gasteiger partial charge on any atom is -0.478 e. The van der Waals surface area contributed by atoms with E-state index in [1.807, 2.05) is 0 Å². The van der Waals surface area contributed by atoms with Gasteiger partial charge in [-0.2, -0.15) is 10.5 Å². The molecule has 0 unspecified atom stereocenters. The van der Waals surface area contributed by atoms with Gasteiger partial charge in [0.05, 0.1) is 33.4 Å². The molecule has 5 rings (SSSR count). The molecule has 50 heavy (non-hydrogen) atoms. The van der Waals surface area contributed by atoms with Gasteiger partial charge in [0.25, 0.3) is 0 Å². The Bertz CT molecular complexity index is 1920. The van der Waals surface area contributed by atoms with Gasteiger partial charge in [-0.3, -0.25) is 0 Å². The van der Waals surface area contributed by atoms with Crippen LogP contribution in [0, 0.1) is 22.7 Å². The van der Waals surface area contributed by atoms with Crippen molar-refractivity contribution in [1.29, 1.82) is 10.5 Å². The van der Waals surface area contributed by atoms with E-state index in [1.165, 1.54) is 48.5 Å². The maximum atomic E-state index is 11.5. The van der Waals surface area contributed by atoms with Gasteiger partial charge in [0, 0.05) is 39.2 Å². The zero-order valence-electron chi connectivity index (χ0n) is 25.2. The number of carboxylic acid groups (broad SMARTS) is 4. The Morgan fingerprint density at radius 2 is 0.560 bits per heavy atom. The van der Waals surface area contributed by atoms with Gasteiger partial charge in [-0.15, -0.1) is 0 Å². The molecule has 14 heteroatoms. The summed E-state index contributed by atoms with van der Waals surface area (Å²) in [6.07, 6.45) is 0. The van der Waals surface area contributed by atoms with Crippen molar-refractivity contribution in [3.8, 4) is 12.1 Å². The molecule has 0 radical (unpaired) electrons. The minimum atomic E-state index is -1.11. The predicted molar refractivity (Wildman–Crippen MR) is 186 cm³/mol. The van der Waals surface area contributed by atoms with Crippen LogP contribution >= 0.6 is 47.0 Å². The third kappa shape index (κ3) is 8.14. The Kier molecular flexibility index (Phi) is 11.2. The SMILES string of the molecule is N#Cc1c(Sc2ccc(C(=O)O)cc2)c(Sc2ccc(C(=O)O)cc2)c(C#N)c(Sc2ccc(C(=O)O)cc2)c1Sc1ccc(C(=O)O)cc1. The molecular weight excluding hydrogens is 717 g/mol. The number of rotatable bonds is 12. The lowest BCUT2D eigenvalue weighted by Gasteiger charge is -2.21. The Morgan fingerprint density at radius 3 is 0.700 bits per heavy atom. The van der Waals surface area contributed by atoms with Gasteiger partial charge in [0.15, 0.2) is 0 Å². The van der Waals surface area contributed by atoms with Gasteiger partial charge < -0.3 is 20.4 Å². The molecule has 5 aromatic rings. The monoisotopic (exact) mass is 736 g/mol. The summed E-state index contributed by atoms with van der Waals surface area (Å²) in [5, 5.41) is 59.1. The summed E-state index contributed by atoms with van der Waals surface area (Å²) in [5.41, 5.74) is 0.588. The maximum absolute atomic E-state index is 11.5. The van der Waals surface area contributed by atoms with Crippen molar-refractivity contribution in [2.75, 3.05) is 0 Å². The zero-order chi connectivity index (χ0) is 35.9. The first-order valence-corrected chi connectivity index (χ1v) is 17.3. The molecule has 0 amide bonds. The lowest BCUT2D eigenvalue weighted by molar-refractivity contribution is 0.0686. The average Bonchev–Trinajstić information content (AvgIpc) is 3.11. The maximum Gasteiger partial charge on any atom is 0.335 e. The molecule has 246 valence electrons. The number of benzene rings is 5. The molecule has 0 spiro atoms. The number of hydrogen-bond donors (Lipinski definition) is 4. The lowest BCUT2D eigenvalue weighted by Crippen LogP contribution is -2.00. The van der Waals surface area contributed by atoms with Gasteiger partial charge in [0.1, 0.15) is 12.1 Å². The van der Waals surface area contributed by atoms with E-state index < -0.39 is 23.9 Å². The van der Waals surface area contributed by atoms with E-state index in [2.05, 4.69) is 12.1 Å². The summed E-state index contributed by atoms with van der Waals surface area (Å²) in [7, 11) is 0. The van der Waals surface area contributed by atoms with Crippen molar-refractivity contribution in [2.24, 2.45) is 0 Å². The highest BCUT2D eigenvalue weighted by Crippen LogP contribution is 2.52. The van der Waals surface area contributed by atoms with E-state index in [-0.39, 0.29) is 33.4 Å². The molecule has 10 nitrogen and oxygen atoms in total. The van der Waals surface area contributed by atoms with Gasteiger partial charge in [-0.1, -0.05) is 47.0 Å². The minimum absolute atomic E-state index is 0.0578. The summed E-state index contributed by atoms with van der Waals surface area (Å²) in [4.78, 5) is 49.8. The van der Waals surface area contributed by atoms with Crippen molar-refractivity contribution < 1.29 is 39.6 Å². The van der Waals surface area contributed by atoms with E-state index in [4.69, 9.17) is 0 Å². The standard InChI is InChI=1S/C36H20N2O8S4/c37-17-27-29(47-23-9-1-19(2-10-23)33(39)40)30(48-24-11-3-20(4-12-24)34(41)42)28(18-38)32(50-26-15-7-22(8-16-26)36(45)46)31(27)49-25-13-5-21(6-14-25)35(43)44/h1-16H,(H,39,40)(H,41,42)(H,43,44)(H,45,46). The van der Waals surface area contributed by atoms with Crippen LogP contribution in [0.4, 0.5) is 0 Å². The van der Waals surface area contributed by atoms with Crippen LogP contribution in [0.3, 0.4) is 0 Å². The molecule has 0 heterocycles. The number of nitrogens with zero attached hydrogens (tertiary/aromatic N) is 2. The van der Waals surface area contributed by atoms with Crippen LogP contribution in [0.1, 0.15) is 52.6 Å². The van der Waals surface area contributed by atoms with Gasteiger partial charge >= 0.3 is 23.9 Å². The Hall–Kier alpha value is -5.64. The fraction of sp³-hybridized carbons (Fsp3) is 0. The second-order valence-corrected chi connectivity index (χ2v) is 14.4. The highest BCUT2D eigenvalue weighted by molar-refractivity contribution is 8.03. The van der Waals surface area contributed by atoms with E-state index in [0.717, 1.165) is 47.0 Å². The van der Waals surface area contributed by atoms with Crippen LogP contribution < -0.4 is 0 Å². The summed E-state index contributed by atoms with van der Waals surface area (Å²) in [6, 6.07) is 28.6. The summed E-state index contributed by atoms with van der Waals surface area (Å²) >= 11 is 4.59. The van der Waals surface area contributed by atoms with Crippen LogP contribution in [-0.4, -0.2) is 44.3 Å². The Labute approximate surface area is 301 Å². The lowest BCUT2D eigenvalue weighted by atomic mass is 10.1. The van der Waals surface area contributed by atoms with Crippen molar-refractivity contribution >= 4 is 70.9 Å². The van der Waals surface area contributed by atoms with Crippen LogP contribution in [0.5, 0.6) is 0 Å². The largest absolute Gasteiger partial charge is 0.478 e. The van der Waals surface area contributed by atoms with Crippen LogP contribution in [-0.2, 0) is 0 Å². The Balaban J connectivity index is 1.76. The molecule has 0 aliphatic heterocycles. The number of hydrogen-bond acceptors (Lipinski definition) is 10. The third-order valence-electron chi connectivity index (χ3n) is 6.83. The van der Waals surface area contributed by atoms with E-state index in [1.54, 1.807) is 48.5 Å². The average molecular weight is 737 g/mol. The van der Waals surface area contributed by atoms with E-state index in [9.17, 15) is 50.1 Å². The first-order chi connectivity index (χ1) is 24.0. The highest BCUT2D eigenvalue weighted by Gasteiger charge is 2.28.